The zero-order chi connectivity index (χ0) is 12.6. The number of thiophene rings is 1. The fourth-order valence-electron chi connectivity index (χ4n) is 1.45. The zero-order valence-electron chi connectivity index (χ0n) is 8.82. The second-order valence-corrected chi connectivity index (χ2v) is 4.94. The third-order valence-electron chi connectivity index (χ3n) is 2.24. The van der Waals surface area contributed by atoms with Gasteiger partial charge in [-0.05, 0) is 18.2 Å². The maximum absolute atomic E-state index is 12.6. The SMILES string of the molecule is Cn1nc(-c2ccc(CS)s2)cc1C(F)(F)F. The minimum Gasteiger partial charge on any atom is -0.263 e. The minimum absolute atomic E-state index is 0.345. The van der Waals surface area contributed by atoms with Crippen LogP contribution in [0, 0.1) is 0 Å². The summed E-state index contributed by atoms with van der Waals surface area (Å²) in [5.74, 6) is 0.573. The highest BCUT2D eigenvalue weighted by Gasteiger charge is 2.35. The number of halogens is 3. The highest BCUT2D eigenvalue weighted by atomic mass is 32.1. The molecule has 7 heteroatoms. The molecule has 2 aromatic rings. The van der Waals surface area contributed by atoms with Crippen molar-refractivity contribution in [2.24, 2.45) is 7.05 Å². The smallest absolute Gasteiger partial charge is 0.263 e. The van der Waals surface area contributed by atoms with Gasteiger partial charge in [0.1, 0.15) is 11.4 Å². The van der Waals surface area contributed by atoms with E-state index in [1.807, 2.05) is 6.07 Å². The van der Waals surface area contributed by atoms with Crippen LogP contribution in [-0.2, 0) is 19.0 Å². The quantitative estimate of drug-likeness (QED) is 0.831. The van der Waals surface area contributed by atoms with Crippen LogP contribution in [0.5, 0.6) is 0 Å². The maximum atomic E-state index is 12.6. The molecule has 92 valence electrons. The van der Waals surface area contributed by atoms with E-state index in [0.29, 0.717) is 11.4 Å². The Kier molecular flexibility index (Phi) is 3.22. The van der Waals surface area contributed by atoms with Crippen molar-refractivity contribution in [1.82, 2.24) is 9.78 Å². The van der Waals surface area contributed by atoms with Gasteiger partial charge in [0, 0.05) is 17.7 Å². The molecule has 0 aliphatic carbocycles. The van der Waals surface area contributed by atoms with E-state index >= 15 is 0 Å². The number of nitrogens with zero attached hydrogens (tertiary/aromatic N) is 2. The molecule has 0 N–H and O–H groups in total. The van der Waals surface area contributed by atoms with Gasteiger partial charge in [0.2, 0.25) is 0 Å². The van der Waals surface area contributed by atoms with E-state index in [1.165, 1.54) is 18.4 Å². The molecule has 0 aliphatic heterocycles. The average Bonchev–Trinajstić information content (AvgIpc) is 2.81. The number of aromatic nitrogens is 2. The molecule has 0 amide bonds. The van der Waals surface area contributed by atoms with Gasteiger partial charge in [-0.1, -0.05) is 0 Å². The van der Waals surface area contributed by atoms with Gasteiger partial charge in [-0.15, -0.1) is 11.3 Å². The number of alkyl halides is 3. The van der Waals surface area contributed by atoms with E-state index in [-0.39, 0.29) is 0 Å². The van der Waals surface area contributed by atoms with Crippen LogP contribution in [0.1, 0.15) is 10.6 Å². The lowest BCUT2D eigenvalue weighted by Gasteiger charge is -2.04. The van der Waals surface area contributed by atoms with Crippen LogP contribution in [0.4, 0.5) is 13.2 Å². The Morgan fingerprint density at radius 2 is 2.12 bits per heavy atom. The van der Waals surface area contributed by atoms with E-state index < -0.39 is 11.9 Å². The number of rotatable bonds is 2. The number of hydrogen-bond donors (Lipinski definition) is 1. The summed E-state index contributed by atoms with van der Waals surface area (Å²) in [6.45, 7) is 0. The summed E-state index contributed by atoms with van der Waals surface area (Å²) in [6.07, 6.45) is -4.37. The highest BCUT2D eigenvalue weighted by molar-refractivity contribution is 7.79. The first kappa shape index (κ1) is 12.5. The van der Waals surface area contributed by atoms with Crippen molar-refractivity contribution in [3.05, 3.63) is 28.8 Å². The summed E-state index contributed by atoms with van der Waals surface area (Å²) >= 11 is 5.51. The van der Waals surface area contributed by atoms with E-state index in [1.54, 1.807) is 6.07 Å². The number of hydrogen-bond acceptors (Lipinski definition) is 3. The summed E-state index contributed by atoms with van der Waals surface area (Å²) in [5, 5.41) is 3.88. The lowest BCUT2D eigenvalue weighted by molar-refractivity contribution is -0.143. The van der Waals surface area contributed by atoms with Gasteiger partial charge in [0.05, 0.1) is 4.88 Å². The monoisotopic (exact) mass is 278 g/mol. The van der Waals surface area contributed by atoms with Gasteiger partial charge < -0.3 is 0 Å². The van der Waals surface area contributed by atoms with Crippen molar-refractivity contribution in [3.8, 4) is 10.6 Å². The molecule has 0 saturated carbocycles. The lowest BCUT2D eigenvalue weighted by Crippen LogP contribution is -2.11. The van der Waals surface area contributed by atoms with Crippen LogP contribution in [-0.4, -0.2) is 9.78 Å². The molecular formula is C10H9F3N2S2. The lowest BCUT2D eigenvalue weighted by atomic mass is 10.3. The van der Waals surface area contributed by atoms with Crippen molar-refractivity contribution in [2.45, 2.75) is 11.9 Å². The van der Waals surface area contributed by atoms with Gasteiger partial charge in [-0.2, -0.15) is 30.9 Å². The van der Waals surface area contributed by atoms with Crippen LogP contribution in [0.3, 0.4) is 0 Å². The van der Waals surface area contributed by atoms with E-state index in [0.717, 1.165) is 20.5 Å². The number of thiol groups is 1. The number of aryl methyl sites for hydroxylation is 1. The standard InChI is InChI=1S/C10H9F3N2S2/c1-15-9(10(11,12)13)4-7(14-15)8-3-2-6(5-16)17-8/h2-4,16H,5H2,1H3. The van der Waals surface area contributed by atoms with E-state index in [9.17, 15) is 13.2 Å². The Bertz CT molecular complexity index is 528. The van der Waals surface area contributed by atoms with Crippen molar-refractivity contribution in [3.63, 3.8) is 0 Å². The second-order valence-electron chi connectivity index (χ2n) is 3.46. The first-order chi connectivity index (χ1) is 7.91. The van der Waals surface area contributed by atoms with Crippen molar-refractivity contribution in [1.29, 1.82) is 0 Å². The van der Waals surface area contributed by atoms with Crippen molar-refractivity contribution >= 4 is 24.0 Å². The molecule has 0 bridgehead atoms. The van der Waals surface area contributed by atoms with Gasteiger partial charge in [0.15, 0.2) is 0 Å². The summed E-state index contributed by atoms with van der Waals surface area (Å²) in [6, 6.07) is 4.67. The van der Waals surface area contributed by atoms with Crippen LogP contribution >= 0.6 is 24.0 Å². The third kappa shape index (κ3) is 2.50. The molecule has 0 radical (unpaired) electrons. The summed E-state index contributed by atoms with van der Waals surface area (Å²) < 4.78 is 38.6. The Hall–Kier alpha value is -0.950. The third-order valence-corrected chi connectivity index (χ3v) is 3.90. The Morgan fingerprint density at radius 3 is 2.59 bits per heavy atom. The minimum atomic E-state index is -4.37. The first-order valence-electron chi connectivity index (χ1n) is 4.73. The molecule has 2 aromatic heterocycles. The molecule has 0 spiro atoms. The fourth-order valence-corrected chi connectivity index (χ4v) is 2.58. The predicted molar refractivity (Wildman–Crippen MR) is 64.2 cm³/mol. The van der Waals surface area contributed by atoms with E-state index in [2.05, 4.69) is 17.7 Å². The summed E-state index contributed by atoms with van der Waals surface area (Å²) in [5.41, 5.74) is -0.397. The molecule has 0 atom stereocenters. The van der Waals surface area contributed by atoms with Gasteiger partial charge in [0.25, 0.3) is 0 Å². The predicted octanol–water partition coefficient (Wildman–Crippen LogP) is 3.60. The molecule has 17 heavy (non-hydrogen) atoms. The molecule has 0 saturated heterocycles. The topological polar surface area (TPSA) is 17.8 Å². The molecule has 2 nitrogen and oxygen atoms in total. The summed E-state index contributed by atoms with van der Waals surface area (Å²) in [4.78, 5) is 1.72. The van der Waals surface area contributed by atoms with Crippen molar-refractivity contribution in [2.75, 3.05) is 0 Å². The van der Waals surface area contributed by atoms with Gasteiger partial charge in [-0.3, -0.25) is 4.68 Å². The highest BCUT2D eigenvalue weighted by Crippen LogP contribution is 2.34. The van der Waals surface area contributed by atoms with E-state index in [4.69, 9.17) is 0 Å². The van der Waals surface area contributed by atoms with Gasteiger partial charge >= 0.3 is 6.18 Å². The first-order valence-corrected chi connectivity index (χ1v) is 6.18. The Morgan fingerprint density at radius 1 is 1.41 bits per heavy atom. The molecule has 2 rings (SSSR count). The fraction of sp³-hybridized carbons (Fsp3) is 0.300. The molecule has 0 aromatic carbocycles. The molecular weight excluding hydrogens is 269 g/mol. The molecule has 0 unspecified atom stereocenters. The second kappa shape index (κ2) is 4.38. The maximum Gasteiger partial charge on any atom is 0.433 e. The van der Waals surface area contributed by atoms with Crippen LogP contribution in [0.2, 0.25) is 0 Å². The molecule has 0 fully saturated rings. The molecule has 2 heterocycles. The van der Waals surface area contributed by atoms with Gasteiger partial charge in [-0.25, -0.2) is 0 Å². The van der Waals surface area contributed by atoms with Crippen molar-refractivity contribution < 1.29 is 13.2 Å². The summed E-state index contributed by atoms with van der Waals surface area (Å²) in [7, 11) is 1.29. The average molecular weight is 278 g/mol. The Labute approximate surface area is 105 Å². The van der Waals surface area contributed by atoms with Crippen LogP contribution in [0.25, 0.3) is 10.6 Å². The van der Waals surface area contributed by atoms with Crippen LogP contribution in [0.15, 0.2) is 18.2 Å². The normalized spacial score (nSPS) is 12.1. The molecule has 0 aliphatic rings. The Balaban J connectivity index is 2.41. The largest absolute Gasteiger partial charge is 0.433 e. The zero-order valence-corrected chi connectivity index (χ0v) is 10.5. The van der Waals surface area contributed by atoms with Crippen LogP contribution < -0.4 is 0 Å².